The molecule has 2 bridgehead atoms. The van der Waals surface area contributed by atoms with Crippen LogP contribution in [0.2, 0.25) is 5.02 Å². The van der Waals surface area contributed by atoms with E-state index in [1.165, 1.54) is 6.92 Å². The molecule has 8 heteroatoms. The number of amides is 1. The minimum Gasteiger partial charge on any atom is -0.490 e. The number of piperazine rings is 1. The zero-order valence-electron chi connectivity index (χ0n) is 19.6. The van der Waals surface area contributed by atoms with Crippen LogP contribution in [0.5, 0.6) is 11.5 Å². The number of carbonyl (C=O) groups excluding carboxylic acids is 1. The third-order valence-corrected chi connectivity index (χ3v) is 6.74. The average Bonchev–Trinajstić information content (AvgIpc) is 2.79. The lowest BCUT2D eigenvalue weighted by Crippen LogP contribution is -2.61. The Hall–Kier alpha value is -3.03. The van der Waals surface area contributed by atoms with Gasteiger partial charge in [0.25, 0.3) is 0 Å². The maximum Gasteiger partial charge on any atom is 0.333 e. The lowest BCUT2D eigenvalue weighted by Gasteiger charge is -2.43. The monoisotopic (exact) mass is 484 g/mol. The second-order valence-corrected chi connectivity index (χ2v) is 9.24. The first kappa shape index (κ1) is 24.1. The highest BCUT2D eigenvalue weighted by atomic mass is 35.5. The van der Waals surface area contributed by atoms with Crippen LogP contribution in [0.1, 0.15) is 30.0 Å². The average molecular weight is 485 g/mol. The van der Waals surface area contributed by atoms with Gasteiger partial charge in [0.15, 0.2) is 0 Å². The fourth-order valence-corrected chi connectivity index (χ4v) is 4.83. The Morgan fingerprint density at radius 3 is 2.44 bits per heavy atom. The number of carboxylic acids is 1. The van der Waals surface area contributed by atoms with Crippen molar-refractivity contribution in [2.24, 2.45) is 0 Å². The molecule has 0 aliphatic carbocycles. The van der Waals surface area contributed by atoms with Gasteiger partial charge in [0.2, 0.25) is 5.91 Å². The number of halogens is 1. The van der Waals surface area contributed by atoms with Gasteiger partial charge in [-0.05, 0) is 66.8 Å². The number of nitrogens with zero attached hydrogens (tertiary/aromatic N) is 1. The number of aliphatic carboxylic acids is 1. The molecule has 0 spiro atoms. The molecule has 2 heterocycles. The molecule has 4 rings (SSSR count). The van der Waals surface area contributed by atoms with Crippen molar-refractivity contribution in [1.29, 1.82) is 0 Å². The third-order valence-electron chi connectivity index (χ3n) is 6.44. The smallest absolute Gasteiger partial charge is 0.333 e. The van der Waals surface area contributed by atoms with Crippen LogP contribution in [-0.2, 0) is 9.59 Å². The molecule has 7 nitrogen and oxygen atoms in total. The SMILES string of the molecule is CC(=O)N1CC2CC(c3ccc(OCCOc4cc(C)c(C)cc4Cl)cc3)=C(C(=O)O)C(C1)N2. The molecule has 1 fully saturated rings. The van der Waals surface area contributed by atoms with Crippen LogP contribution < -0.4 is 14.8 Å². The summed E-state index contributed by atoms with van der Waals surface area (Å²) in [6.07, 6.45) is 0.548. The maximum atomic E-state index is 12.1. The van der Waals surface area contributed by atoms with Crippen LogP contribution in [0.4, 0.5) is 0 Å². The first-order valence-corrected chi connectivity index (χ1v) is 11.7. The van der Waals surface area contributed by atoms with Gasteiger partial charge in [-0.3, -0.25) is 4.79 Å². The second kappa shape index (κ2) is 10.1. The minimum absolute atomic E-state index is 0.0324. The molecule has 2 atom stereocenters. The Kier molecular flexibility index (Phi) is 7.14. The van der Waals surface area contributed by atoms with Crippen molar-refractivity contribution in [2.45, 2.75) is 39.3 Å². The first-order valence-electron chi connectivity index (χ1n) is 11.3. The predicted octanol–water partition coefficient (Wildman–Crippen LogP) is 3.85. The topological polar surface area (TPSA) is 88.1 Å². The van der Waals surface area contributed by atoms with Gasteiger partial charge in [-0.15, -0.1) is 0 Å². The molecule has 2 N–H and O–H groups in total. The summed E-state index contributed by atoms with van der Waals surface area (Å²) < 4.78 is 11.6. The third kappa shape index (κ3) is 5.21. The molecule has 34 heavy (non-hydrogen) atoms. The highest BCUT2D eigenvalue weighted by Gasteiger charge is 2.39. The van der Waals surface area contributed by atoms with E-state index in [1.807, 2.05) is 50.2 Å². The number of hydrogen-bond acceptors (Lipinski definition) is 5. The van der Waals surface area contributed by atoms with Crippen LogP contribution in [0.3, 0.4) is 0 Å². The standard InChI is InChI=1S/C26H29ClN2O5/c1-15-10-22(27)24(11-16(15)2)34-9-8-33-20-6-4-18(5-7-20)21-12-19-13-29(17(3)30)14-23(28-19)25(21)26(31)32/h4-7,10-11,19,23,28H,8-9,12-14H2,1-3H3,(H,31,32). The molecule has 2 aliphatic rings. The Labute approximate surface area is 204 Å². The Morgan fingerprint density at radius 2 is 1.76 bits per heavy atom. The van der Waals surface area contributed by atoms with Crippen molar-refractivity contribution in [1.82, 2.24) is 10.2 Å². The van der Waals surface area contributed by atoms with Gasteiger partial charge >= 0.3 is 5.97 Å². The summed E-state index contributed by atoms with van der Waals surface area (Å²) in [7, 11) is 0. The van der Waals surface area contributed by atoms with Gasteiger partial charge < -0.3 is 24.8 Å². The molecule has 2 aromatic carbocycles. The van der Waals surface area contributed by atoms with E-state index < -0.39 is 5.97 Å². The zero-order valence-corrected chi connectivity index (χ0v) is 20.3. The number of rotatable bonds is 7. The number of carboxylic acid groups (broad SMARTS) is 1. The number of aryl methyl sites for hydroxylation is 2. The van der Waals surface area contributed by atoms with Crippen molar-refractivity contribution in [3.63, 3.8) is 0 Å². The second-order valence-electron chi connectivity index (χ2n) is 8.83. The molecule has 0 aromatic heterocycles. The summed E-state index contributed by atoms with van der Waals surface area (Å²) in [6, 6.07) is 10.9. The molecule has 1 amide bonds. The van der Waals surface area contributed by atoms with Crippen LogP contribution in [0.15, 0.2) is 42.0 Å². The van der Waals surface area contributed by atoms with Crippen molar-refractivity contribution < 1.29 is 24.2 Å². The number of fused-ring (bicyclic) bond motifs is 2. The lowest BCUT2D eigenvalue weighted by atomic mass is 9.83. The van der Waals surface area contributed by atoms with E-state index in [0.717, 1.165) is 22.3 Å². The summed E-state index contributed by atoms with van der Waals surface area (Å²) in [6.45, 7) is 7.17. The molecular weight excluding hydrogens is 456 g/mol. The Balaban J connectivity index is 1.41. The first-order chi connectivity index (χ1) is 16.2. The number of hydrogen-bond donors (Lipinski definition) is 2. The van der Waals surface area contributed by atoms with E-state index in [0.29, 0.717) is 54.8 Å². The van der Waals surface area contributed by atoms with E-state index in [-0.39, 0.29) is 18.0 Å². The minimum atomic E-state index is -0.959. The molecule has 2 aliphatic heterocycles. The van der Waals surface area contributed by atoms with Crippen LogP contribution >= 0.6 is 11.6 Å². The van der Waals surface area contributed by atoms with E-state index >= 15 is 0 Å². The van der Waals surface area contributed by atoms with Gasteiger partial charge in [0.1, 0.15) is 24.7 Å². The molecule has 2 aromatic rings. The zero-order chi connectivity index (χ0) is 24.4. The van der Waals surface area contributed by atoms with E-state index in [4.69, 9.17) is 21.1 Å². The molecule has 0 saturated carbocycles. The fraction of sp³-hybridized carbons (Fsp3) is 0.385. The maximum absolute atomic E-state index is 12.1. The normalized spacial score (nSPS) is 19.7. The van der Waals surface area contributed by atoms with Crippen molar-refractivity contribution in [3.05, 3.63) is 63.7 Å². The van der Waals surface area contributed by atoms with E-state index in [2.05, 4.69) is 5.32 Å². The summed E-state index contributed by atoms with van der Waals surface area (Å²) in [5, 5.41) is 13.8. The van der Waals surface area contributed by atoms with Crippen LogP contribution in [0.25, 0.3) is 5.57 Å². The number of carbonyl (C=O) groups is 2. The molecule has 1 saturated heterocycles. The number of benzene rings is 2. The van der Waals surface area contributed by atoms with Crippen LogP contribution in [0, 0.1) is 13.8 Å². The Morgan fingerprint density at radius 1 is 1.09 bits per heavy atom. The van der Waals surface area contributed by atoms with Gasteiger partial charge in [-0.25, -0.2) is 4.79 Å². The fourth-order valence-electron chi connectivity index (χ4n) is 4.55. The molecular formula is C26H29ClN2O5. The van der Waals surface area contributed by atoms with Crippen molar-refractivity contribution in [2.75, 3.05) is 26.3 Å². The molecule has 2 unspecified atom stereocenters. The Bertz CT molecular complexity index is 1130. The summed E-state index contributed by atoms with van der Waals surface area (Å²) >= 11 is 6.25. The van der Waals surface area contributed by atoms with Crippen molar-refractivity contribution >= 4 is 29.1 Å². The number of nitrogens with one attached hydrogen (secondary N) is 1. The summed E-state index contributed by atoms with van der Waals surface area (Å²) in [5.41, 5.74) is 4.22. The van der Waals surface area contributed by atoms with Gasteiger partial charge in [-0.1, -0.05) is 23.7 Å². The largest absolute Gasteiger partial charge is 0.490 e. The van der Waals surface area contributed by atoms with E-state index in [1.54, 1.807) is 4.90 Å². The highest BCUT2D eigenvalue weighted by Crippen LogP contribution is 2.34. The predicted molar refractivity (Wildman–Crippen MR) is 130 cm³/mol. The van der Waals surface area contributed by atoms with Crippen molar-refractivity contribution in [3.8, 4) is 11.5 Å². The molecule has 0 radical (unpaired) electrons. The summed E-state index contributed by atoms with van der Waals surface area (Å²) in [4.78, 5) is 25.6. The highest BCUT2D eigenvalue weighted by molar-refractivity contribution is 6.32. The van der Waals surface area contributed by atoms with Gasteiger partial charge in [0, 0.05) is 26.1 Å². The van der Waals surface area contributed by atoms with Crippen LogP contribution in [-0.4, -0.2) is 60.3 Å². The lowest BCUT2D eigenvalue weighted by molar-refractivity contribution is -0.135. The molecule has 180 valence electrons. The quantitative estimate of drug-likeness (QED) is 0.580. The van der Waals surface area contributed by atoms with E-state index in [9.17, 15) is 14.7 Å². The van der Waals surface area contributed by atoms with Gasteiger partial charge in [-0.2, -0.15) is 0 Å². The number of ether oxygens (including phenoxy) is 2. The van der Waals surface area contributed by atoms with Gasteiger partial charge in [0.05, 0.1) is 16.6 Å². The summed E-state index contributed by atoms with van der Waals surface area (Å²) in [5.74, 6) is 0.318.